The minimum absolute atomic E-state index is 0.767. The molecular formula is C11H10ClN. The molecular weight excluding hydrogens is 182 g/mol. The summed E-state index contributed by atoms with van der Waals surface area (Å²) < 4.78 is 0. The molecule has 0 atom stereocenters. The van der Waals surface area contributed by atoms with Crippen LogP contribution in [0, 0.1) is 13.8 Å². The number of nitrogens with zero attached hydrogens (tertiary/aromatic N) is 1. The molecule has 0 unspecified atom stereocenters. The van der Waals surface area contributed by atoms with E-state index in [1.165, 1.54) is 11.1 Å². The van der Waals surface area contributed by atoms with Crippen LogP contribution in [0.25, 0.3) is 10.9 Å². The summed E-state index contributed by atoms with van der Waals surface area (Å²) >= 11 is 5.92. The van der Waals surface area contributed by atoms with Crippen molar-refractivity contribution in [1.82, 2.24) is 4.98 Å². The van der Waals surface area contributed by atoms with Crippen LogP contribution < -0.4 is 0 Å². The Morgan fingerprint density at radius 1 is 1.23 bits per heavy atom. The summed E-state index contributed by atoms with van der Waals surface area (Å²) in [4.78, 5) is 4.32. The third-order valence-electron chi connectivity index (χ3n) is 2.35. The van der Waals surface area contributed by atoms with Crippen molar-refractivity contribution in [1.29, 1.82) is 0 Å². The molecule has 0 spiro atoms. The van der Waals surface area contributed by atoms with E-state index in [0.717, 1.165) is 15.9 Å². The number of fused-ring (bicyclic) bond motifs is 1. The molecule has 1 heterocycles. The second-order valence-corrected chi connectivity index (χ2v) is 3.66. The second kappa shape index (κ2) is 3.00. The Labute approximate surface area is 82.4 Å². The number of hydrogen-bond donors (Lipinski definition) is 0. The zero-order chi connectivity index (χ0) is 9.42. The number of hydrogen-bond acceptors (Lipinski definition) is 1. The van der Waals surface area contributed by atoms with Crippen LogP contribution in [0.2, 0.25) is 5.02 Å². The maximum Gasteiger partial charge on any atom is 0.0705 e. The van der Waals surface area contributed by atoms with Crippen molar-refractivity contribution in [2.45, 2.75) is 13.8 Å². The number of rotatable bonds is 0. The molecule has 0 N–H and O–H groups in total. The minimum atomic E-state index is 0.767. The van der Waals surface area contributed by atoms with Crippen LogP contribution in [0.5, 0.6) is 0 Å². The normalized spacial score (nSPS) is 10.7. The van der Waals surface area contributed by atoms with Gasteiger partial charge in [-0.1, -0.05) is 11.6 Å². The molecule has 1 aromatic heterocycles. The van der Waals surface area contributed by atoms with Crippen molar-refractivity contribution in [3.05, 3.63) is 40.5 Å². The Morgan fingerprint density at radius 2 is 2.00 bits per heavy atom. The smallest absolute Gasteiger partial charge is 0.0705 e. The Morgan fingerprint density at radius 3 is 2.77 bits per heavy atom. The van der Waals surface area contributed by atoms with Gasteiger partial charge in [-0.2, -0.15) is 0 Å². The highest BCUT2D eigenvalue weighted by molar-refractivity contribution is 6.31. The van der Waals surface area contributed by atoms with Gasteiger partial charge in [-0.3, -0.25) is 4.98 Å². The number of halogens is 1. The van der Waals surface area contributed by atoms with Crippen molar-refractivity contribution >= 4 is 22.5 Å². The molecule has 0 bridgehead atoms. The Kier molecular flexibility index (Phi) is 1.97. The van der Waals surface area contributed by atoms with E-state index < -0.39 is 0 Å². The maximum atomic E-state index is 5.92. The minimum Gasteiger partial charge on any atom is -0.256 e. The monoisotopic (exact) mass is 191 g/mol. The molecule has 2 rings (SSSR count). The van der Waals surface area contributed by atoms with Crippen LogP contribution in [0.3, 0.4) is 0 Å². The number of aryl methyl sites for hydroxylation is 2. The molecule has 0 aliphatic rings. The average Bonchev–Trinajstić information content (AvgIpc) is 2.12. The summed E-state index contributed by atoms with van der Waals surface area (Å²) in [5.74, 6) is 0. The van der Waals surface area contributed by atoms with Crippen molar-refractivity contribution in [2.24, 2.45) is 0 Å². The molecule has 0 aliphatic heterocycles. The first kappa shape index (κ1) is 8.52. The van der Waals surface area contributed by atoms with E-state index in [1.54, 1.807) is 0 Å². The summed E-state index contributed by atoms with van der Waals surface area (Å²) in [7, 11) is 0. The van der Waals surface area contributed by atoms with Crippen LogP contribution in [0.1, 0.15) is 11.1 Å². The largest absolute Gasteiger partial charge is 0.256 e. The Balaban J connectivity index is 2.89. The van der Waals surface area contributed by atoms with Gasteiger partial charge in [-0.25, -0.2) is 0 Å². The van der Waals surface area contributed by atoms with Crippen molar-refractivity contribution in [3.8, 4) is 0 Å². The SMILES string of the molecule is Cc1cnc2ccc(Cl)cc2c1C. The fourth-order valence-corrected chi connectivity index (χ4v) is 1.57. The van der Waals surface area contributed by atoms with Crippen LogP contribution in [-0.2, 0) is 0 Å². The van der Waals surface area contributed by atoms with Crippen molar-refractivity contribution in [2.75, 3.05) is 0 Å². The lowest BCUT2D eigenvalue weighted by molar-refractivity contribution is 1.28. The van der Waals surface area contributed by atoms with Gasteiger partial charge in [0.1, 0.15) is 0 Å². The molecule has 0 saturated heterocycles. The third-order valence-corrected chi connectivity index (χ3v) is 2.59. The van der Waals surface area contributed by atoms with E-state index in [9.17, 15) is 0 Å². The van der Waals surface area contributed by atoms with Crippen molar-refractivity contribution < 1.29 is 0 Å². The van der Waals surface area contributed by atoms with Crippen LogP contribution in [0.4, 0.5) is 0 Å². The van der Waals surface area contributed by atoms with E-state index in [1.807, 2.05) is 24.4 Å². The highest BCUT2D eigenvalue weighted by Crippen LogP contribution is 2.22. The van der Waals surface area contributed by atoms with E-state index in [4.69, 9.17) is 11.6 Å². The molecule has 1 aromatic carbocycles. The molecule has 0 aliphatic carbocycles. The third kappa shape index (κ3) is 1.40. The van der Waals surface area contributed by atoms with Gasteiger partial charge in [0.15, 0.2) is 0 Å². The molecule has 0 fully saturated rings. The van der Waals surface area contributed by atoms with Gasteiger partial charge in [0.05, 0.1) is 5.52 Å². The van der Waals surface area contributed by atoms with E-state index >= 15 is 0 Å². The zero-order valence-electron chi connectivity index (χ0n) is 7.63. The van der Waals surface area contributed by atoms with Crippen LogP contribution in [0.15, 0.2) is 24.4 Å². The molecule has 0 saturated carbocycles. The molecule has 2 aromatic rings. The standard InChI is InChI=1S/C11H10ClN/c1-7-6-13-11-4-3-9(12)5-10(11)8(7)2/h3-6H,1-2H3. The predicted octanol–water partition coefficient (Wildman–Crippen LogP) is 3.51. The summed E-state index contributed by atoms with van der Waals surface area (Å²) in [6.45, 7) is 4.15. The summed E-state index contributed by atoms with van der Waals surface area (Å²) in [6.07, 6.45) is 1.89. The fourth-order valence-electron chi connectivity index (χ4n) is 1.40. The molecule has 2 heteroatoms. The Bertz CT molecular complexity index is 458. The quantitative estimate of drug-likeness (QED) is 0.621. The lowest BCUT2D eigenvalue weighted by Gasteiger charge is -2.04. The molecule has 0 radical (unpaired) electrons. The lowest BCUT2D eigenvalue weighted by Crippen LogP contribution is -1.86. The van der Waals surface area contributed by atoms with Gasteiger partial charge < -0.3 is 0 Å². The van der Waals surface area contributed by atoms with E-state index in [0.29, 0.717) is 0 Å². The van der Waals surface area contributed by atoms with E-state index in [-0.39, 0.29) is 0 Å². The average molecular weight is 192 g/mol. The lowest BCUT2D eigenvalue weighted by atomic mass is 10.1. The predicted molar refractivity (Wildman–Crippen MR) is 56.2 cm³/mol. The van der Waals surface area contributed by atoms with Gasteiger partial charge in [0.2, 0.25) is 0 Å². The van der Waals surface area contributed by atoms with Gasteiger partial charge >= 0.3 is 0 Å². The molecule has 0 amide bonds. The topological polar surface area (TPSA) is 12.9 Å². The highest BCUT2D eigenvalue weighted by atomic mass is 35.5. The maximum absolute atomic E-state index is 5.92. The van der Waals surface area contributed by atoms with Gasteiger partial charge in [-0.05, 0) is 43.2 Å². The van der Waals surface area contributed by atoms with Gasteiger partial charge in [-0.15, -0.1) is 0 Å². The summed E-state index contributed by atoms with van der Waals surface area (Å²) in [5.41, 5.74) is 3.47. The van der Waals surface area contributed by atoms with Crippen molar-refractivity contribution in [3.63, 3.8) is 0 Å². The van der Waals surface area contributed by atoms with Crippen LogP contribution in [-0.4, -0.2) is 4.98 Å². The first-order valence-corrected chi connectivity index (χ1v) is 4.58. The second-order valence-electron chi connectivity index (χ2n) is 3.23. The zero-order valence-corrected chi connectivity index (χ0v) is 8.39. The number of pyridine rings is 1. The molecule has 1 nitrogen and oxygen atoms in total. The molecule has 66 valence electrons. The van der Waals surface area contributed by atoms with Crippen LogP contribution >= 0.6 is 11.6 Å². The first-order chi connectivity index (χ1) is 6.18. The summed E-state index contributed by atoms with van der Waals surface area (Å²) in [6, 6.07) is 5.78. The van der Waals surface area contributed by atoms with E-state index in [2.05, 4.69) is 18.8 Å². The van der Waals surface area contributed by atoms with Gasteiger partial charge in [0, 0.05) is 16.6 Å². The highest BCUT2D eigenvalue weighted by Gasteiger charge is 2.01. The summed E-state index contributed by atoms with van der Waals surface area (Å²) in [5, 5.41) is 1.91. The fraction of sp³-hybridized carbons (Fsp3) is 0.182. The first-order valence-electron chi connectivity index (χ1n) is 4.20. The number of aromatic nitrogens is 1. The molecule has 13 heavy (non-hydrogen) atoms. The number of benzene rings is 1. The van der Waals surface area contributed by atoms with Gasteiger partial charge in [0.25, 0.3) is 0 Å². The Hall–Kier alpha value is -1.08.